The number of rotatable bonds is 6. The summed E-state index contributed by atoms with van der Waals surface area (Å²) in [5.41, 5.74) is 0.191. The second kappa shape index (κ2) is 6.93. The van der Waals surface area contributed by atoms with Gasteiger partial charge in [-0.2, -0.15) is 0 Å². The average Bonchev–Trinajstić information content (AvgIpc) is 2.55. The smallest absolute Gasteiger partial charge is 0.323 e. The predicted octanol–water partition coefficient (Wildman–Crippen LogP) is 1.83. The Hall–Kier alpha value is -2.89. The summed E-state index contributed by atoms with van der Waals surface area (Å²) in [5, 5.41) is 11.9. The lowest BCUT2D eigenvalue weighted by atomic mass is 9.72. The van der Waals surface area contributed by atoms with Crippen LogP contribution in [0.3, 0.4) is 0 Å². The van der Waals surface area contributed by atoms with Crippen molar-refractivity contribution >= 4 is 11.9 Å². The standard InChI is InChI=1S/C19H20N2O4/c22-16(23)13-21-11-4-8-15(18(21)25)17(24)20-19(9-5-10-19)12-14-6-2-1-3-7-14/h1-4,6-8,11H,5,9-10,12-13H2,(H,20,24)(H,22,23). The molecule has 2 N–H and O–H groups in total. The predicted molar refractivity (Wildman–Crippen MR) is 92.5 cm³/mol. The summed E-state index contributed by atoms with van der Waals surface area (Å²) in [4.78, 5) is 35.8. The molecule has 130 valence electrons. The number of hydrogen-bond acceptors (Lipinski definition) is 3. The van der Waals surface area contributed by atoms with Crippen LogP contribution in [0.2, 0.25) is 0 Å². The summed E-state index contributed by atoms with van der Waals surface area (Å²) in [6, 6.07) is 12.9. The van der Waals surface area contributed by atoms with Crippen molar-refractivity contribution in [2.45, 2.75) is 37.8 Å². The summed E-state index contributed by atoms with van der Waals surface area (Å²) in [5.74, 6) is -1.57. The maximum atomic E-state index is 12.6. The molecule has 1 aliphatic carbocycles. The molecule has 0 unspecified atom stereocenters. The highest BCUT2D eigenvalue weighted by Gasteiger charge is 2.38. The molecular formula is C19H20N2O4. The third-order valence-electron chi connectivity index (χ3n) is 4.65. The zero-order valence-corrected chi connectivity index (χ0v) is 13.8. The number of carbonyl (C=O) groups excluding carboxylic acids is 1. The van der Waals surface area contributed by atoms with Crippen LogP contribution in [0, 0.1) is 0 Å². The van der Waals surface area contributed by atoms with Crippen molar-refractivity contribution in [1.82, 2.24) is 9.88 Å². The number of nitrogens with one attached hydrogen (secondary N) is 1. The van der Waals surface area contributed by atoms with E-state index < -0.39 is 24.0 Å². The summed E-state index contributed by atoms with van der Waals surface area (Å²) in [6.45, 7) is -0.463. The van der Waals surface area contributed by atoms with E-state index in [1.165, 1.54) is 18.3 Å². The van der Waals surface area contributed by atoms with Crippen LogP contribution in [0.5, 0.6) is 0 Å². The minimum Gasteiger partial charge on any atom is -0.480 e. The summed E-state index contributed by atoms with van der Waals surface area (Å²) in [6.07, 6.45) is 4.85. The quantitative estimate of drug-likeness (QED) is 0.840. The van der Waals surface area contributed by atoms with E-state index in [1.54, 1.807) is 0 Å². The molecule has 6 nitrogen and oxygen atoms in total. The fraction of sp³-hybridized carbons (Fsp3) is 0.316. The number of aromatic nitrogens is 1. The van der Waals surface area contributed by atoms with Gasteiger partial charge in [0.1, 0.15) is 12.1 Å². The first kappa shape index (κ1) is 17.0. The second-order valence-electron chi connectivity index (χ2n) is 6.50. The van der Waals surface area contributed by atoms with Crippen LogP contribution in [-0.4, -0.2) is 27.1 Å². The van der Waals surface area contributed by atoms with Gasteiger partial charge in [-0.1, -0.05) is 30.3 Å². The van der Waals surface area contributed by atoms with E-state index in [0.717, 1.165) is 35.8 Å². The molecule has 1 fully saturated rings. The van der Waals surface area contributed by atoms with Crippen molar-refractivity contribution in [2.75, 3.05) is 0 Å². The highest BCUT2D eigenvalue weighted by molar-refractivity contribution is 5.94. The fourth-order valence-electron chi connectivity index (χ4n) is 3.22. The van der Waals surface area contributed by atoms with Crippen molar-refractivity contribution < 1.29 is 14.7 Å². The van der Waals surface area contributed by atoms with E-state index in [-0.39, 0.29) is 11.1 Å². The van der Waals surface area contributed by atoms with Gasteiger partial charge in [0.05, 0.1) is 0 Å². The monoisotopic (exact) mass is 340 g/mol. The van der Waals surface area contributed by atoms with E-state index in [4.69, 9.17) is 5.11 Å². The van der Waals surface area contributed by atoms with E-state index in [1.807, 2.05) is 30.3 Å². The molecule has 1 aromatic heterocycles. The highest BCUT2D eigenvalue weighted by Crippen LogP contribution is 2.35. The van der Waals surface area contributed by atoms with Gasteiger partial charge in [-0.05, 0) is 43.4 Å². The molecule has 0 saturated heterocycles. The van der Waals surface area contributed by atoms with Crippen molar-refractivity contribution in [3.63, 3.8) is 0 Å². The van der Waals surface area contributed by atoms with Gasteiger partial charge < -0.3 is 15.0 Å². The Morgan fingerprint density at radius 2 is 1.84 bits per heavy atom. The maximum absolute atomic E-state index is 12.6. The lowest BCUT2D eigenvalue weighted by Gasteiger charge is -2.43. The summed E-state index contributed by atoms with van der Waals surface area (Å²) in [7, 11) is 0. The molecule has 25 heavy (non-hydrogen) atoms. The molecule has 1 heterocycles. The Bertz CT molecular complexity index is 838. The first-order valence-corrected chi connectivity index (χ1v) is 8.27. The van der Waals surface area contributed by atoms with Gasteiger partial charge in [0, 0.05) is 11.7 Å². The van der Waals surface area contributed by atoms with Gasteiger partial charge in [0.25, 0.3) is 11.5 Å². The van der Waals surface area contributed by atoms with E-state index >= 15 is 0 Å². The van der Waals surface area contributed by atoms with Gasteiger partial charge >= 0.3 is 5.97 Å². The zero-order chi connectivity index (χ0) is 17.9. The van der Waals surface area contributed by atoms with Gasteiger partial charge in [-0.25, -0.2) is 0 Å². The number of benzene rings is 1. The van der Waals surface area contributed by atoms with Crippen LogP contribution < -0.4 is 10.9 Å². The third-order valence-corrected chi connectivity index (χ3v) is 4.65. The van der Waals surface area contributed by atoms with Crippen molar-refractivity contribution in [2.24, 2.45) is 0 Å². The molecular weight excluding hydrogens is 320 g/mol. The van der Waals surface area contributed by atoms with Crippen LogP contribution in [0.4, 0.5) is 0 Å². The number of amides is 1. The topological polar surface area (TPSA) is 88.4 Å². The van der Waals surface area contributed by atoms with Gasteiger partial charge in [0.2, 0.25) is 0 Å². The molecule has 3 rings (SSSR count). The summed E-state index contributed by atoms with van der Waals surface area (Å²) < 4.78 is 1.03. The Balaban J connectivity index is 1.79. The molecule has 0 aliphatic heterocycles. The molecule has 1 saturated carbocycles. The first-order chi connectivity index (χ1) is 12.0. The molecule has 0 bridgehead atoms. The van der Waals surface area contributed by atoms with Crippen molar-refractivity contribution in [3.8, 4) is 0 Å². The molecule has 1 aromatic carbocycles. The fourth-order valence-corrected chi connectivity index (χ4v) is 3.22. The van der Waals surface area contributed by atoms with Gasteiger partial charge in [0.15, 0.2) is 0 Å². The lowest BCUT2D eigenvalue weighted by molar-refractivity contribution is -0.137. The maximum Gasteiger partial charge on any atom is 0.323 e. The van der Waals surface area contributed by atoms with Crippen LogP contribution in [0.1, 0.15) is 35.2 Å². The summed E-state index contributed by atoms with van der Waals surface area (Å²) >= 11 is 0. The number of carboxylic acids is 1. The second-order valence-corrected chi connectivity index (χ2v) is 6.50. The minimum atomic E-state index is -1.13. The Kier molecular flexibility index (Phi) is 4.70. The Morgan fingerprint density at radius 1 is 1.12 bits per heavy atom. The van der Waals surface area contributed by atoms with Crippen molar-refractivity contribution in [3.05, 3.63) is 70.1 Å². The van der Waals surface area contributed by atoms with Crippen molar-refractivity contribution in [1.29, 1.82) is 0 Å². The normalized spacial score (nSPS) is 15.2. The largest absolute Gasteiger partial charge is 0.480 e. The highest BCUT2D eigenvalue weighted by atomic mass is 16.4. The van der Waals surface area contributed by atoms with Crippen LogP contribution in [0.25, 0.3) is 0 Å². The number of nitrogens with zero attached hydrogens (tertiary/aromatic N) is 1. The zero-order valence-electron chi connectivity index (χ0n) is 13.8. The van der Waals surface area contributed by atoms with E-state index in [9.17, 15) is 14.4 Å². The van der Waals surface area contributed by atoms with Gasteiger partial charge in [-0.15, -0.1) is 0 Å². The average molecular weight is 340 g/mol. The lowest BCUT2D eigenvalue weighted by Crippen LogP contribution is -2.55. The Labute approximate surface area is 145 Å². The third kappa shape index (κ3) is 3.79. The van der Waals surface area contributed by atoms with Gasteiger partial charge in [-0.3, -0.25) is 14.4 Å². The van der Waals surface area contributed by atoms with Crippen LogP contribution >= 0.6 is 0 Å². The SMILES string of the molecule is O=C(O)Cn1cccc(C(=O)NC2(Cc3ccccc3)CCC2)c1=O. The van der Waals surface area contributed by atoms with Crippen LogP contribution in [-0.2, 0) is 17.8 Å². The minimum absolute atomic E-state index is 0.0249. The molecule has 1 aliphatic rings. The number of hydrogen-bond donors (Lipinski definition) is 2. The van der Waals surface area contributed by atoms with E-state index in [2.05, 4.69) is 5.32 Å². The number of carbonyl (C=O) groups is 2. The van der Waals surface area contributed by atoms with E-state index in [0.29, 0.717) is 0 Å². The van der Waals surface area contributed by atoms with Crippen LogP contribution in [0.15, 0.2) is 53.5 Å². The molecule has 6 heteroatoms. The number of aliphatic carboxylic acids is 1. The molecule has 0 atom stereocenters. The number of carboxylic acid groups (broad SMARTS) is 1. The number of pyridine rings is 1. The first-order valence-electron chi connectivity index (χ1n) is 8.27. The molecule has 0 radical (unpaired) electrons. The molecule has 1 amide bonds. The molecule has 0 spiro atoms. The Morgan fingerprint density at radius 3 is 2.44 bits per heavy atom. The molecule has 2 aromatic rings.